The van der Waals surface area contributed by atoms with Crippen molar-refractivity contribution in [3.05, 3.63) is 107 Å². The molecular formula is C21H16FN5OS. The lowest BCUT2D eigenvalue weighted by Crippen LogP contribution is -2.13. The monoisotopic (exact) mass is 405 g/mol. The van der Waals surface area contributed by atoms with E-state index >= 15 is 0 Å². The van der Waals surface area contributed by atoms with Crippen LogP contribution in [-0.2, 0) is 0 Å². The molecule has 2 heterocycles. The minimum Gasteiger partial charge on any atom is -0.291 e. The first kappa shape index (κ1) is 18.8. The van der Waals surface area contributed by atoms with Gasteiger partial charge >= 0.3 is 0 Å². The minimum atomic E-state index is -0.518. The van der Waals surface area contributed by atoms with Crippen LogP contribution in [0.15, 0.2) is 94.0 Å². The Labute approximate surface area is 171 Å². The van der Waals surface area contributed by atoms with Crippen molar-refractivity contribution in [1.82, 2.24) is 14.8 Å². The molecule has 2 aromatic heterocycles. The molecule has 0 aliphatic carbocycles. The Morgan fingerprint density at radius 1 is 0.966 bits per heavy atom. The zero-order chi connectivity index (χ0) is 20.2. The smallest absolute Gasteiger partial charge is 0.291 e. The molecule has 0 spiro atoms. The van der Waals surface area contributed by atoms with Gasteiger partial charge in [0.15, 0.2) is 5.69 Å². The Bertz CT molecular complexity index is 1190. The summed E-state index contributed by atoms with van der Waals surface area (Å²) in [5, 5.41) is 10.8. The maximum Gasteiger partial charge on any atom is 0.299 e. The topological polar surface area (TPSA) is 75.4 Å². The predicted octanol–water partition coefficient (Wildman–Crippen LogP) is 5.13. The molecule has 0 saturated carbocycles. The third-order valence-corrected chi connectivity index (χ3v) is 4.76. The second-order valence-corrected chi connectivity index (χ2v) is 6.70. The van der Waals surface area contributed by atoms with Crippen LogP contribution in [0.2, 0.25) is 0 Å². The van der Waals surface area contributed by atoms with E-state index in [1.165, 1.54) is 28.9 Å². The van der Waals surface area contributed by atoms with E-state index in [2.05, 4.69) is 32.9 Å². The fourth-order valence-corrected chi connectivity index (χ4v) is 3.13. The number of benzene rings is 2. The van der Waals surface area contributed by atoms with Crippen LogP contribution >= 0.6 is 12.6 Å². The molecule has 8 heteroatoms. The molecule has 144 valence electrons. The van der Waals surface area contributed by atoms with Crippen molar-refractivity contribution in [2.45, 2.75) is 5.25 Å². The van der Waals surface area contributed by atoms with Crippen LogP contribution in [-0.4, -0.2) is 14.8 Å². The summed E-state index contributed by atoms with van der Waals surface area (Å²) in [6, 6.07) is 20.1. The zero-order valence-corrected chi connectivity index (χ0v) is 16.0. The van der Waals surface area contributed by atoms with Crippen molar-refractivity contribution in [1.29, 1.82) is 0 Å². The Morgan fingerprint density at radius 3 is 2.38 bits per heavy atom. The molecule has 4 rings (SSSR count). The van der Waals surface area contributed by atoms with Gasteiger partial charge in [-0.15, -0.1) is 5.11 Å². The highest BCUT2D eigenvalue weighted by molar-refractivity contribution is 7.80. The van der Waals surface area contributed by atoms with Gasteiger partial charge in [0.25, 0.3) is 5.56 Å². The molecule has 0 fully saturated rings. The molecule has 0 saturated heterocycles. The first-order valence-electron chi connectivity index (χ1n) is 8.80. The summed E-state index contributed by atoms with van der Waals surface area (Å²) in [6.45, 7) is 0. The minimum absolute atomic E-state index is 0.115. The van der Waals surface area contributed by atoms with Crippen molar-refractivity contribution in [3.8, 4) is 5.69 Å². The number of hydrogen-bond donors (Lipinski definition) is 2. The highest BCUT2D eigenvalue weighted by Gasteiger charge is 2.22. The van der Waals surface area contributed by atoms with Crippen LogP contribution in [0, 0.1) is 5.82 Å². The van der Waals surface area contributed by atoms with Gasteiger partial charge in [-0.25, -0.2) is 9.07 Å². The SMILES string of the molecule is O=c1c(N=Nc2ccc(F)cc2)c(C(S)c2ccccn2)[nH]n1-c1ccccc1. The van der Waals surface area contributed by atoms with E-state index in [4.69, 9.17) is 0 Å². The van der Waals surface area contributed by atoms with E-state index in [-0.39, 0.29) is 17.1 Å². The van der Waals surface area contributed by atoms with Crippen LogP contribution in [0.3, 0.4) is 0 Å². The van der Waals surface area contributed by atoms with E-state index in [1.54, 1.807) is 24.4 Å². The van der Waals surface area contributed by atoms with Crippen molar-refractivity contribution in [3.63, 3.8) is 0 Å². The van der Waals surface area contributed by atoms with Gasteiger partial charge in [-0.3, -0.25) is 14.9 Å². The van der Waals surface area contributed by atoms with Gasteiger partial charge in [0.05, 0.1) is 28.0 Å². The number of para-hydroxylation sites is 1. The Kier molecular flexibility index (Phi) is 5.35. The third kappa shape index (κ3) is 4.02. The van der Waals surface area contributed by atoms with Crippen LogP contribution in [0.4, 0.5) is 15.8 Å². The summed E-state index contributed by atoms with van der Waals surface area (Å²) in [5.41, 5.74) is 1.96. The van der Waals surface area contributed by atoms with Gasteiger partial charge in [-0.05, 0) is 48.5 Å². The molecule has 29 heavy (non-hydrogen) atoms. The average molecular weight is 405 g/mol. The molecule has 0 radical (unpaired) electrons. The summed E-state index contributed by atoms with van der Waals surface area (Å²) >= 11 is 4.65. The summed E-state index contributed by atoms with van der Waals surface area (Å²) < 4.78 is 14.5. The number of rotatable bonds is 5. The van der Waals surface area contributed by atoms with Crippen molar-refractivity contribution in [2.24, 2.45) is 10.2 Å². The summed E-state index contributed by atoms with van der Waals surface area (Å²) in [7, 11) is 0. The molecule has 1 atom stereocenters. The van der Waals surface area contributed by atoms with E-state index < -0.39 is 5.25 Å². The number of azo groups is 1. The maximum absolute atomic E-state index is 13.1. The second kappa shape index (κ2) is 8.24. The molecule has 6 nitrogen and oxygen atoms in total. The van der Waals surface area contributed by atoms with Crippen LogP contribution < -0.4 is 5.56 Å². The average Bonchev–Trinajstić information content (AvgIpc) is 3.10. The quantitative estimate of drug-likeness (QED) is 0.357. The number of nitrogens with zero attached hydrogens (tertiary/aromatic N) is 4. The molecule has 1 N–H and O–H groups in total. The highest BCUT2D eigenvalue weighted by Crippen LogP contribution is 2.32. The molecule has 0 amide bonds. The van der Waals surface area contributed by atoms with E-state index in [1.807, 2.05) is 30.3 Å². The predicted molar refractivity (Wildman–Crippen MR) is 112 cm³/mol. The zero-order valence-electron chi connectivity index (χ0n) is 15.1. The first-order valence-corrected chi connectivity index (χ1v) is 9.32. The van der Waals surface area contributed by atoms with E-state index in [0.717, 1.165) is 0 Å². The standard InChI is InChI=1S/C21H16FN5OS/c22-14-9-11-15(12-10-14)24-25-19-18(20(29)17-8-4-5-13-23-17)26-27(21(19)28)16-6-2-1-3-7-16/h1-13,20,26,29H. The molecule has 0 bridgehead atoms. The summed E-state index contributed by atoms with van der Waals surface area (Å²) in [4.78, 5) is 17.4. The second-order valence-electron chi connectivity index (χ2n) is 6.18. The molecule has 0 aliphatic rings. The maximum atomic E-state index is 13.1. The number of halogens is 1. The third-order valence-electron chi connectivity index (χ3n) is 4.24. The van der Waals surface area contributed by atoms with Crippen LogP contribution in [0.5, 0.6) is 0 Å². The van der Waals surface area contributed by atoms with Gasteiger partial charge in [-0.2, -0.15) is 17.7 Å². The largest absolute Gasteiger partial charge is 0.299 e. The van der Waals surface area contributed by atoms with Crippen LogP contribution in [0.1, 0.15) is 16.6 Å². The van der Waals surface area contributed by atoms with E-state index in [0.29, 0.717) is 22.8 Å². The van der Waals surface area contributed by atoms with Crippen LogP contribution in [0.25, 0.3) is 5.69 Å². The molecular weight excluding hydrogens is 389 g/mol. The number of H-pyrrole nitrogens is 1. The van der Waals surface area contributed by atoms with Gasteiger partial charge < -0.3 is 0 Å². The van der Waals surface area contributed by atoms with Crippen molar-refractivity contribution < 1.29 is 4.39 Å². The number of aromatic amines is 1. The molecule has 2 aromatic carbocycles. The number of thiol groups is 1. The summed E-state index contributed by atoms with van der Waals surface area (Å²) in [6.07, 6.45) is 1.66. The Hall–Kier alpha value is -3.52. The number of hydrogen-bond acceptors (Lipinski definition) is 5. The molecule has 1 unspecified atom stereocenters. The lowest BCUT2D eigenvalue weighted by Gasteiger charge is -2.08. The Morgan fingerprint density at radius 2 is 1.69 bits per heavy atom. The molecule has 0 aliphatic heterocycles. The van der Waals surface area contributed by atoms with Gasteiger partial charge in [0, 0.05) is 6.20 Å². The number of nitrogens with one attached hydrogen (secondary N) is 1. The fraction of sp³-hybridized carbons (Fsp3) is 0.0476. The number of aromatic nitrogens is 3. The highest BCUT2D eigenvalue weighted by atomic mass is 32.1. The lowest BCUT2D eigenvalue weighted by molar-refractivity contribution is 0.628. The van der Waals surface area contributed by atoms with Gasteiger partial charge in [-0.1, -0.05) is 24.3 Å². The fourth-order valence-electron chi connectivity index (χ4n) is 2.79. The first-order chi connectivity index (χ1) is 14.1. The molecule has 4 aromatic rings. The normalized spacial score (nSPS) is 12.3. The Balaban J connectivity index is 1.82. The van der Waals surface area contributed by atoms with Crippen molar-refractivity contribution >= 4 is 24.0 Å². The summed E-state index contributed by atoms with van der Waals surface area (Å²) in [5.74, 6) is -0.372. The lowest BCUT2D eigenvalue weighted by atomic mass is 10.2. The van der Waals surface area contributed by atoms with Gasteiger partial charge in [0.1, 0.15) is 5.82 Å². The number of pyridine rings is 1. The van der Waals surface area contributed by atoms with Crippen molar-refractivity contribution in [2.75, 3.05) is 0 Å². The van der Waals surface area contributed by atoms with Gasteiger partial charge in [0.2, 0.25) is 0 Å². The van der Waals surface area contributed by atoms with E-state index in [9.17, 15) is 9.18 Å².